The predicted molar refractivity (Wildman–Crippen MR) is 65.9 cm³/mol. The van der Waals surface area contributed by atoms with Crippen molar-refractivity contribution >= 4 is 29.1 Å². The first-order valence-corrected chi connectivity index (χ1v) is 5.25. The number of halogens is 2. The van der Waals surface area contributed by atoms with E-state index < -0.39 is 5.82 Å². The minimum atomic E-state index is -0.413. The molecule has 17 heavy (non-hydrogen) atoms. The molecule has 1 heterocycles. The fourth-order valence-electron chi connectivity index (χ4n) is 1.39. The number of nitrogens with two attached hydrogens (primary N) is 1. The number of benzene rings is 1. The zero-order valence-corrected chi connectivity index (χ0v) is 9.79. The van der Waals surface area contributed by atoms with Crippen LogP contribution in [0.1, 0.15) is 5.69 Å². The van der Waals surface area contributed by atoms with Crippen LogP contribution in [0.25, 0.3) is 0 Å². The van der Waals surface area contributed by atoms with Gasteiger partial charge in [-0.3, -0.25) is 0 Å². The van der Waals surface area contributed by atoms with Crippen molar-refractivity contribution < 1.29 is 4.39 Å². The number of rotatable bonds is 2. The van der Waals surface area contributed by atoms with E-state index >= 15 is 0 Å². The Kier molecular flexibility index (Phi) is 3.10. The monoisotopic (exact) mass is 252 g/mol. The van der Waals surface area contributed by atoms with Crippen molar-refractivity contribution in [1.29, 1.82) is 0 Å². The van der Waals surface area contributed by atoms with Crippen molar-refractivity contribution in [2.24, 2.45) is 0 Å². The Balaban J connectivity index is 2.34. The maximum Gasteiger partial charge on any atom is 0.222 e. The molecule has 0 aliphatic rings. The van der Waals surface area contributed by atoms with Crippen molar-refractivity contribution in [3.8, 4) is 0 Å². The summed E-state index contributed by atoms with van der Waals surface area (Å²) in [5, 5.41) is 3.24. The van der Waals surface area contributed by atoms with Crippen molar-refractivity contribution in [3.05, 3.63) is 40.8 Å². The summed E-state index contributed by atoms with van der Waals surface area (Å²) < 4.78 is 13.5. The number of nitrogen functional groups attached to an aromatic ring is 1. The van der Waals surface area contributed by atoms with Crippen LogP contribution in [0.2, 0.25) is 5.02 Å². The second-order valence-corrected chi connectivity index (χ2v) is 3.94. The number of nitrogens with one attached hydrogen (secondary N) is 1. The Morgan fingerprint density at radius 3 is 2.76 bits per heavy atom. The van der Waals surface area contributed by atoms with Crippen LogP contribution in [-0.4, -0.2) is 9.97 Å². The summed E-state index contributed by atoms with van der Waals surface area (Å²) in [6.07, 6.45) is 0. The van der Waals surface area contributed by atoms with Crippen molar-refractivity contribution in [2.75, 3.05) is 11.1 Å². The fraction of sp³-hybridized carbons (Fsp3) is 0.0909. The highest BCUT2D eigenvalue weighted by Gasteiger charge is 2.05. The second kappa shape index (κ2) is 4.55. The molecule has 0 aliphatic heterocycles. The fourth-order valence-corrected chi connectivity index (χ4v) is 1.56. The zero-order valence-electron chi connectivity index (χ0n) is 9.04. The Bertz CT molecular complexity index is 539. The first-order chi connectivity index (χ1) is 8.04. The molecular weight excluding hydrogens is 243 g/mol. The average Bonchev–Trinajstić information content (AvgIpc) is 2.22. The van der Waals surface area contributed by atoms with Crippen molar-refractivity contribution in [2.45, 2.75) is 6.92 Å². The van der Waals surface area contributed by atoms with Crippen molar-refractivity contribution in [3.63, 3.8) is 0 Å². The lowest BCUT2D eigenvalue weighted by atomic mass is 10.3. The molecule has 2 aromatic rings. The quantitative estimate of drug-likeness (QED) is 0.863. The number of aryl methyl sites for hydroxylation is 1. The first kappa shape index (κ1) is 11.6. The largest absolute Gasteiger partial charge is 0.368 e. The van der Waals surface area contributed by atoms with E-state index in [4.69, 9.17) is 17.3 Å². The highest BCUT2D eigenvalue weighted by Crippen LogP contribution is 2.23. The predicted octanol–water partition coefficient (Wildman–Crippen LogP) is 2.90. The molecule has 1 aromatic heterocycles. The smallest absolute Gasteiger partial charge is 0.222 e. The van der Waals surface area contributed by atoms with Crippen LogP contribution >= 0.6 is 11.6 Å². The molecule has 0 saturated heterocycles. The van der Waals surface area contributed by atoms with Gasteiger partial charge < -0.3 is 11.1 Å². The maximum atomic E-state index is 13.5. The van der Waals surface area contributed by atoms with E-state index in [1.807, 2.05) is 0 Å². The SMILES string of the molecule is Cc1cc(Nc2cc(Cl)ccc2F)nc(N)n1. The van der Waals surface area contributed by atoms with E-state index in [2.05, 4.69) is 15.3 Å². The normalized spacial score (nSPS) is 10.3. The standard InChI is InChI=1S/C11H10ClFN4/c1-6-4-10(17-11(14)15-6)16-9-5-7(12)2-3-8(9)13/h2-5H,1H3,(H3,14,15,16,17). The first-order valence-electron chi connectivity index (χ1n) is 4.88. The number of nitrogens with zero attached hydrogens (tertiary/aromatic N) is 2. The topological polar surface area (TPSA) is 63.8 Å². The van der Waals surface area contributed by atoms with Crippen LogP contribution in [0.4, 0.5) is 21.8 Å². The lowest BCUT2D eigenvalue weighted by Gasteiger charge is -2.08. The molecule has 0 atom stereocenters. The van der Waals surface area contributed by atoms with Gasteiger partial charge in [-0.15, -0.1) is 0 Å². The van der Waals surface area contributed by atoms with Crippen molar-refractivity contribution in [1.82, 2.24) is 9.97 Å². The van der Waals surface area contributed by atoms with Gasteiger partial charge in [0.15, 0.2) is 0 Å². The van der Waals surface area contributed by atoms with E-state index in [1.54, 1.807) is 13.0 Å². The molecule has 1 aromatic carbocycles. The third-order valence-electron chi connectivity index (χ3n) is 2.06. The third-order valence-corrected chi connectivity index (χ3v) is 2.30. The molecule has 0 saturated carbocycles. The molecule has 2 rings (SSSR count). The maximum absolute atomic E-state index is 13.5. The average molecular weight is 253 g/mol. The van der Waals surface area contributed by atoms with Gasteiger partial charge in [-0.1, -0.05) is 11.6 Å². The van der Waals surface area contributed by atoms with Gasteiger partial charge in [0.05, 0.1) is 5.69 Å². The van der Waals surface area contributed by atoms with Crippen LogP contribution < -0.4 is 11.1 Å². The molecule has 0 bridgehead atoms. The Labute approximate surface area is 103 Å². The van der Waals surface area contributed by atoms with E-state index in [0.717, 1.165) is 0 Å². The molecule has 0 radical (unpaired) electrons. The van der Waals surface area contributed by atoms with E-state index in [1.165, 1.54) is 18.2 Å². The van der Waals surface area contributed by atoms with Crippen LogP contribution in [0.5, 0.6) is 0 Å². The number of hydrogen-bond acceptors (Lipinski definition) is 4. The van der Waals surface area contributed by atoms with Gasteiger partial charge >= 0.3 is 0 Å². The lowest BCUT2D eigenvalue weighted by Crippen LogP contribution is -2.02. The molecule has 0 unspecified atom stereocenters. The number of hydrogen-bond donors (Lipinski definition) is 2. The lowest BCUT2D eigenvalue weighted by molar-refractivity contribution is 0.632. The van der Waals surface area contributed by atoms with Gasteiger partial charge in [-0.05, 0) is 25.1 Å². The number of aromatic nitrogens is 2. The summed E-state index contributed by atoms with van der Waals surface area (Å²) in [7, 11) is 0. The van der Waals surface area contributed by atoms with Gasteiger partial charge in [0.25, 0.3) is 0 Å². The van der Waals surface area contributed by atoms with Gasteiger partial charge in [-0.2, -0.15) is 4.98 Å². The third kappa shape index (κ3) is 2.82. The Morgan fingerprint density at radius 2 is 2.06 bits per heavy atom. The summed E-state index contributed by atoms with van der Waals surface area (Å²) in [6.45, 7) is 1.78. The molecule has 4 nitrogen and oxygen atoms in total. The second-order valence-electron chi connectivity index (χ2n) is 3.50. The van der Waals surface area contributed by atoms with Crippen LogP contribution in [0.3, 0.4) is 0 Å². The Morgan fingerprint density at radius 1 is 1.29 bits per heavy atom. The molecule has 3 N–H and O–H groups in total. The van der Waals surface area contributed by atoms with Crippen LogP contribution in [0, 0.1) is 12.7 Å². The molecule has 88 valence electrons. The summed E-state index contributed by atoms with van der Waals surface area (Å²) in [5.41, 5.74) is 6.44. The summed E-state index contributed by atoms with van der Waals surface area (Å²) in [5.74, 6) is 0.148. The molecule has 0 aliphatic carbocycles. The van der Waals surface area contributed by atoms with Crippen LogP contribution in [0.15, 0.2) is 24.3 Å². The van der Waals surface area contributed by atoms with E-state index in [9.17, 15) is 4.39 Å². The molecule has 0 amide bonds. The highest BCUT2D eigenvalue weighted by atomic mass is 35.5. The Hall–Kier alpha value is -1.88. The van der Waals surface area contributed by atoms with Gasteiger partial charge in [-0.25, -0.2) is 9.37 Å². The van der Waals surface area contributed by atoms with Gasteiger partial charge in [0.1, 0.15) is 11.6 Å². The van der Waals surface area contributed by atoms with E-state index in [0.29, 0.717) is 16.5 Å². The molecule has 6 heteroatoms. The van der Waals surface area contributed by atoms with Crippen LogP contribution in [-0.2, 0) is 0 Å². The molecule has 0 spiro atoms. The summed E-state index contributed by atoms with van der Waals surface area (Å²) >= 11 is 5.78. The van der Waals surface area contributed by atoms with Gasteiger partial charge in [0.2, 0.25) is 5.95 Å². The molecular formula is C11H10ClFN4. The van der Waals surface area contributed by atoms with Gasteiger partial charge in [0, 0.05) is 16.8 Å². The zero-order chi connectivity index (χ0) is 12.4. The minimum Gasteiger partial charge on any atom is -0.368 e. The highest BCUT2D eigenvalue weighted by molar-refractivity contribution is 6.30. The molecule has 0 fully saturated rings. The number of anilines is 3. The minimum absolute atomic E-state index is 0.134. The van der Waals surface area contributed by atoms with E-state index in [-0.39, 0.29) is 11.6 Å². The summed E-state index contributed by atoms with van der Waals surface area (Å²) in [4.78, 5) is 7.87. The summed E-state index contributed by atoms with van der Waals surface area (Å²) in [6, 6.07) is 5.89.